The second kappa shape index (κ2) is 3.86. The first-order valence-electron chi connectivity index (χ1n) is 4.20. The van der Waals surface area contributed by atoms with Crippen LogP contribution in [0.3, 0.4) is 0 Å². The molecule has 1 N–H and O–H groups in total. The van der Waals surface area contributed by atoms with Crippen molar-refractivity contribution in [1.29, 1.82) is 0 Å². The number of aliphatic hydroxyl groups excluding tert-OH is 1. The molecule has 2 rings (SSSR count). The molecule has 2 heterocycles. The highest BCUT2D eigenvalue weighted by molar-refractivity contribution is 5.82. The van der Waals surface area contributed by atoms with E-state index in [1.165, 1.54) is 0 Å². The zero-order valence-corrected chi connectivity index (χ0v) is 7.44. The van der Waals surface area contributed by atoms with Crippen LogP contribution in [0.25, 0.3) is 10.9 Å². The largest absolute Gasteiger partial charge is 0.384 e. The van der Waals surface area contributed by atoms with E-state index in [9.17, 15) is 0 Å². The van der Waals surface area contributed by atoms with E-state index < -0.39 is 0 Å². The monoisotopic (exact) mass is 184 g/mol. The van der Waals surface area contributed by atoms with Crippen LogP contribution in [0.1, 0.15) is 5.56 Å². The van der Waals surface area contributed by atoms with Crippen LogP contribution in [-0.2, 0) is 0 Å². The van der Waals surface area contributed by atoms with Crippen LogP contribution in [0, 0.1) is 11.8 Å². The van der Waals surface area contributed by atoms with Crippen molar-refractivity contribution in [2.45, 2.75) is 0 Å². The lowest BCUT2D eigenvalue weighted by molar-refractivity contribution is 0.350. The average molecular weight is 184 g/mol. The Hall–Kier alpha value is -1.92. The highest BCUT2D eigenvalue weighted by Gasteiger charge is 1.98. The zero-order chi connectivity index (χ0) is 9.80. The lowest BCUT2D eigenvalue weighted by Crippen LogP contribution is -1.86. The van der Waals surface area contributed by atoms with Crippen molar-refractivity contribution in [3.63, 3.8) is 0 Å². The van der Waals surface area contributed by atoms with Gasteiger partial charge in [-0.1, -0.05) is 11.8 Å². The standard InChI is InChI=1S/C11H8N2O/c14-6-2-4-10-8-12-7-9-3-1-5-13-11(9)10/h1,3,5,7-8,14H,6H2. The van der Waals surface area contributed by atoms with E-state index in [0.29, 0.717) is 0 Å². The van der Waals surface area contributed by atoms with Crippen molar-refractivity contribution in [3.05, 3.63) is 36.3 Å². The normalized spacial score (nSPS) is 9.50. The van der Waals surface area contributed by atoms with Crippen LogP contribution < -0.4 is 0 Å². The Bertz CT molecular complexity index is 506. The Balaban J connectivity index is 2.65. The molecule has 3 nitrogen and oxygen atoms in total. The predicted molar refractivity (Wildman–Crippen MR) is 53.5 cm³/mol. The predicted octanol–water partition coefficient (Wildman–Crippen LogP) is 0.974. The molecule has 0 saturated carbocycles. The van der Waals surface area contributed by atoms with Crippen LogP contribution >= 0.6 is 0 Å². The van der Waals surface area contributed by atoms with Gasteiger partial charge in [0.1, 0.15) is 6.61 Å². The number of hydrogen-bond acceptors (Lipinski definition) is 3. The molecule has 2 aromatic heterocycles. The molecule has 0 aliphatic carbocycles. The molecule has 2 aromatic rings. The van der Waals surface area contributed by atoms with Crippen molar-refractivity contribution in [3.8, 4) is 11.8 Å². The summed E-state index contributed by atoms with van der Waals surface area (Å²) in [5.41, 5.74) is 1.57. The van der Waals surface area contributed by atoms with Gasteiger partial charge in [-0.15, -0.1) is 0 Å². The first kappa shape index (κ1) is 8.67. The van der Waals surface area contributed by atoms with Gasteiger partial charge in [0, 0.05) is 24.0 Å². The second-order valence-electron chi connectivity index (χ2n) is 2.72. The highest BCUT2D eigenvalue weighted by Crippen LogP contribution is 2.12. The minimum Gasteiger partial charge on any atom is -0.384 e. The lowest BCUT2D eigenvalue weighted by atomic mass is 10.2. The fourth-order valence-corrected chi connectivity index (χ4v) is 1.23. The van der Waals surface area contributed by atoms with Crippen LogP contribution in [0.5, 0.6) is 0 Å². The van der Waals surface area contributed by atoms with Gasteiger partial charge in [0.15, 0.2) is 0 Å². The molecule has 0 aromatic carbocycles. The Morgan fingerprint density at radius 3 is 3.14 bits per heavy atom. The molecule has 3 heteroatoms. The van der Waals surface area contributed by atoms with Crippen LogP contribution in [-0.4, -0.2) is 21.7 Å². The van der Waals surface area contributed by atoms with E-state index in [1.54, 1.807) is 18.6 Å². The molecular formula is C11H8N2O. The summed E-state index contributed by atoms with van der Waals surface area (Å²) < 4.78 is 0. The molecule has 68 valence electrons. The van der Waals surface area contributed by atoms with Gasteiger partial charge < -0.3 is 5.11 Å². The summed E-state index contributed by atoms with van der Waals surface area (Å²) in [7, 11) is 0. The fourth-order valence-electron chi connectivity index (χ4n) is 1.23. The molecule has 14 heavy (non-hydrogen) atoms. The van der Waals surface area contributed by atoms with Gasteiger partial charge in [0.25, 0.3) is 0 Å². The van der Waals surface area contributed by atoms with Crippen molar-refractivity contribution in [2.75, 3.05) is 6.61 Å². The van der Waals surface area contributed by atoms with E-state index in [2.05, 4.69) is 21.8 Å². The molecule has 0 fully saturated rings. The molecule has 0 aliphatic rings. The maximum atomic E-state index is 8.59. The van der Waals surface area contributed by atoms with Crippen LogP contribution in [0.15, 0.2) is 30.7 Å². The van der Waals surface area contributed by atoms with E-state index in [-0.39, 0.29) is 6.61 Å². The SMILES string of the molecule is OCC#Cc1cncc2cccnc12. The Kier molecular flexibility index (Phi) is 2.39. The molecule has 0 unspecified atom stereocenters. The van der Waals surface area contributed by atoms with Gasteiger partial charge in [0.2, 0.25) is 0 Å². The summed E-state index contributed by atoms with van der Waals surface area (Å²) in [6.45, 7) is -0.150. The average Bonchev–Trinajstić information content (AvgIpc) is 2.26. The third kappa shape index (κ3) is 1.56. The summed E-state index contributed by atoms with van der Waals surface area (Å²) in [6.07, 6.45) is 5.11. The number of aromatic nitrogens is 2. The van der Waals surface area contributed by atoms with E-state index in [1.807, 2.05) is 12.1 Å². The summed E-state index contributed by atoms with van der Waals surface area (Å²) >= 11 is 0. The van der Waals surface area contributed by atoms with Gasteiger partial charge in [-0.2, -0.15) is 0 Å². The maximum Gasteiger partial charge on any atom is 0.104 e. The minimum absolute atomic E-state index is 0.150. The fraction of sp³-hybridized carbons (Fsp3) is 0.0909. The van der Waals surface area contributed by atoms with E-state index >= 15 is 0 Å². The molecule has 0 atom stereocenters. The molecule has 0 radical (unpaired) electrons. The molecule has 0 aliphatic heterocycles. The quantitative estimate of drug-likeness (QED) is 0.620. The number of pyridine rings is 2. The summed E-state index contributed by atoms with van der Waals surface area (Å²) in [5, 5.41) is 9.54. The Morgan fingerprint density at radius 1 is 1.36 bits per heavy atom. The molecular weight excluding hydrogens is 176 g/mol. The summed E-state index contributed by atoms with van der Waals surface area (Å²) in [5.74, 6) is 5.39. The van der Waals surface area contributed by atoms with Gasteiger partial charge >= 0.3 is 0 Å². The van der Waals surface area contributed by atoms with Gasteiger partial charge in [-0.25, -0.2) is 0 Å². The van der Waals surface area contributed by atoms with Gasteiger partial charge in [0.05, 0.1) is 11.1 Å². The lowest BCUT2D eigenvalue weighted by Gasteiger charge is -1.96. The summed E-state index contributed by atoms with van der Waals surface area (Å²) in [4.78, 5) is 8.25. The van der Waals surface area contributed by atoms with Crippen molar-refractivity contribution < 1.29 is 5.11 Å². The van der Waals surface area contributed by atoms with Crippen LogP contribution in [0.4, 0.5) is 0 Å². The maximum absolute atomic E-state index is 8.59. The van der Waals surface area contributed by atoms with Crippen molar-refractivity contribution in [1.82, 2.24) is 9.97 Å². The smallest absolute Gasteiger partial charge is 0.104 e. The summed E-state index contributed by atoms with van der Waals surface area (Å²) in [6, 6.07) is 3.78. The topological polar surface area (TPSA) is 46.0 Å². The first-order chi connectivity index (χ1) is 6.92. The third-order valence-electron chi connectivity index (χ3n) is 1.81. The third-order valence-corrected chi connectivity index (χ3v) is 1.81. The number of rotatable bonds is 0. The first-order valence-corrected chi connectivity index (χ1v) is 4.20. The van der Waals surface area contributed by atoms with Gasteiger partial charge in [-0.05, 0) is 12.1 Å². The molecule has 0 amide bonds. The molecule has 0 bridgehead atoms. The number of nitrogens with zero attached hydrogens (tertiary/aromatic N) is 2. The number of fused-ring (bicyclic) bond motifs is 1. The highest BCUT2D eigenvalue weighted by atomic mass is 16.2. The number of hydrogen-bond donors (Lipinski definition) is 1. The number of aliphatic hydroxyl groups is 1. The van der Waals surface area contributed by atoms with E-state index in [4.69, 9.17) is 5.11 Å². The van der Waals surface area contributed by atoms with E-state index in [0.717, 1.165) is 16.5 Å². The molecule has 0 spiro atoms. The minimum atomic E-state index is -0.150. The Labute approximate surface area is 81.4 Å². The van der Waals surface area contributed by atoms with Crippen molar-refractivity contribution in [2.24, 2.45) is 0 Å². The van der Waals surface area contributed by atoms with Gasteiger partial charge in [-0.3, -0.25) is 9.97 Å². The zero-order valence-electron chi connectivity index (χ0n) is 7.44. The van der Waals surface area contributed by atoms with Crippen LogP contribution in [0.2, 0.25) is 0 Å². The second-order valence-corrected chi connectivity index (χ2v) is 2.72. The molecule has 0 saturated heterocycles. The van der Waals surface area contributed by atoms with Crippen molar-refractivity contribution >= 4 is 10.9 Å². The Morgan fingerprint density at radius 2 is 2.29 bits per heavy atom.